The molecule has 0 saturated carbocycles. The summed E-state index contributed by atoms with van der Waals surface area (Å²) in [5, 5.41) is 8.64. The number of hydrogen-bond donors (Lipinski definition) is 1. The quantitative estimate of drug-likeness (QED) is 0.214. The fraction of sp³-hybridized carbons (Fsp3) is 0.773. The van der Waals surface area contributed by atoms with E-state index in [-0.39, 0.29) is 42.0 Å². The molecule has 0 aromatic rings. The monoisotopic (exact) mass is 378 g/mol. The number of hydrogen-bond acceptors (Lipinski definition) is 4. The van der Waals surface area contributed by atoms with Crippen molar-refractivity contribution in [3.05, 3.63) is 12.2 Å². The van der Waals surface area contributed by atoms with Gasteiger partial charge in [0.1, 0.15) is 0 Å². The highest BCUT2D eigenvalue weighted by Crippen LogP contribution is 2.44. The van der Waals surface area contributed by atoms with E-state index < -0.39 is 5.97 Å². The fourth-order valence-corrected chi connectivity index (χ4v) is 4.48. The van der Waals surface area contributed by atoms with Gasteiger partial charge in [-0.3, -0.25) is 14.4 Å². The molecule has 152 valence electrons. The molecule has 4 atom stereocenters. The van der Waals surface area contributed by atoms with Crippen LogP contribution in [0.15, 0.2) is 12.2 Å². The van der Waals surface area contributed by atoms with Crippen LogP contribution in [0.1, 0.15) is 84.0 Å². The second kappa shape index (κ2) is 11.3. The van der Waals surface area contributed by atoms with Gasteiger partial charge in [-0.05, 0) is 31.1 Å². The van der Waals surface area contributed by atoms with Crippen LogP contribution in [0.5, 0.6) is 0 Å². The van der Waals surface area contributed by atoms with Crippen molar-refractivity contribution in [2.24, 2.45) is 23.7 Å². The summed E-state index contributed by atoms with van der Waals surface area (Å²) in [5.74, 6) is -1.75. The van der Waals surface area contributed by atoms with Crippen LogP contribution in [0.4, 0.5) is 0 Å². The zero-order valence-electron chi connectivity index (χ0n) is 16.5. The molecule has 1 heterocycles. The van der Waals surface area contributed by atoms with Crippen LogP contribution >= 0.6 is 0 Å². The van der Waals surface area contributed by atoms with E-state index in [1.807, 2.05) is 0 Å². The molecule has 2 aliphatic rings. The van der Waals surface area contributed by atoms with Gasteiger partial charge in [0.15, 0.2) is 0 Å². The number of carbonyl (C=O) groups is 3. The molecule has 27 heavy (non-hydrogen) atoms. The largest absolute Gasteiger partial charge is 0.481 e. The number of allylic oxidation sites excluding steroid dienone is 2. The highest BCUT2D eigenvalue weighted by molar-refractivity contribution is 5.97. The Hall–Kier alpha value is -1.65. The molecule has 5 heteroatoms. The number of esters is 2. The molecule has 0 aromatic heterocycles. The molecule has 1 fully saturated rings. The molecule has 0 spiro atoms. The Morgan fingerprint density at radius 3 is 1.85 bits per heavy atom. The van der Waals surface area contributed by atoms with Crippen molar-refractivity contribution >= 4 is 17.9 Å². The van der Waals surface area contributed by atoms with Crippen molar-refractivity contribution in [1.82, 2.24) is 0 Å². The molecule has 1 aliphatic heterocycles. The Morgan fingerprint density at radius 1 is 0.852 bits per heavy atom. The van der Waals surface area contributed by atoms with Crippen LogP contribution in [0, 0.1) is 23.7 Å². The van der Waals surface area contributed by atoms with E-state index in [1.54, 1.807) is 0 Å². The minimum atomic E-state index is -0.734. The van der Waals surface area contributed by atoms with Crippen molar-refractivity contribution in [1.29, 1.82) is 0 Å². The van der Waals surface area contributed by atoms with Crippen molar-refractivity contribution in [2.45, 2.75) is 84.0 Å². The van der Waals surface area contributed by atoms with Crippen molar-refractivity contribution in [2.75, 3.05) is 0 Å². The maximum Gasteiger partial charge on any atom is 0.318 e. The fourth-order valence-electron chi connectivity index (χ4n) is 4.48. The molecule has 0 aromatic carbocycles. The summed E-state index contributed by atoms with van der Waals surface area (Å²) in [6.07, 6.45) is 15.7. The van der Waals surface area contributed by atoms with Gasteiger partial charge in [0.2, 0.25) is 0 Å². The lowest BCUT2D eigenvalue weighted by atomic mass is 9.69. The molecular weight excluding hydrogens is 344 g/mol. The van der Waals surface area contributed by atoms with Gasteiger partial charge < -0.3 is 9.84 Å². The molecule has 1 saturated heterocycles. The maximum absolute atomic E-state index is 12.3. The number of cyclic esters (lactones) is 2. The number of carbonyl (C=O) groups excluding carboxylic acids is 2. The van der Waals surface area contributed by atoms with Crippen LogP contribution < -0.4 is 0 Å². The van der Waals surface area contributed by atoms with Crippen molar-refractivity contribution in [3.8, 4) is 0 Å². The first-order chi connectivity index (χ1) is 13.0. The van der Waals surface area contributed by atoms with E-state index in [1.165, 1.54) is 19.3 Å². The minimum Gasteiger partial charge on any atom is -0.481 e. The van der Waals surface area contributed by atoms with Gasteiger partial charge in [-0.15, -0.1) is 0 Å². The lowest BCUT2D eigenvalue weighted by molar-refractivity contribution is -0.154. The van der Waals surface area contributed by atoms with Crippen LogP contribution in [0.25, 0.3) is 0 Å². The second-order valence-corrected chi connectivity index (χ2v) is 8.05. The molecule has 0 unspecified atom stereocenters. The number of rotatable bonds is 13. The van der Waals surface area contributed by atoms with Crippen LogP contribution in [-0.4, -0.2) is 23.0 Å². The first-order valence-corrected chi connectivity index (χ1v) is 10.7. The van der Waals surface area contributed by atoms with E-state index in [0.717, 1.165) is 51.4 Å². The Bertz CT molecular complexity index is 539. The maximum atomic E-state index is 12.3. The third-order valence-electron chi connectivity index (χ3n) is 5.98. The SMILES string of the molecule is CCCCCC[C@@H]1C=C[C@@H](CCCCCCCC(=O)O)[C@H]2C(=O)OC(=O)[C@@H]21. The number of carboxylic acid groups (broad SMARTS) is 1. The first-order valence-electron chi connectivity index (χ1n) is 10.7. The van der Waals surface area contributed by atoms with Gasteiger partial charge >= 0.3 is 17.9 Å². The first kappa shape index (κ1) is 21.6. The third kappa shape index (κ3) is 6.47. The molecular formula is C22H34O5. The van der Waals surface area contributed by atoms with Crippen molar-refractivity contribution < 1.29 is 24.2 Å². The Labute approximate surface area is 162 Å². The zero-order valence-corrected chi connectivity index (χ0v) is 16.5. The van der Waals surface area contributed by atoms with Gasteiger partial charge in [0, 0.05) is 6.42 Å². The lowest BCUT2D eigenvalue weighted by Crippen LogP contribution is -2.33. The Balaban J connectivity index is 1.80. The summed E-state index contributed by atoms with van der Waals surface area (Å²) in [6.45, 7) is 2.18. The van der Waals surface area contributed by atoms with Crippen LogP contribution in [0.3, 0.4) is 0 Å². The average molecular weight is 379 g/mol. The summed E-state index contributed by atoms with van der Waals surface area (Å²) in [7, 11) is 0. The number of carboxylic acids is 1. The number of fused-ring (bicyclic) bond motifs is 1. The smallest absolute Gasteiger partial charge is 0.318 e. The normalized spacial score (nSPS) is 26.9. The molecule has 0 amide bonds. The number of aliphatic carboxylic acids is 1. The van der Waals surface area contributed by atoms with E-state index >= 15 is 0 Å². The topological polar surface area (TPSA) is 80.7 Å². The second-order valence-electron chi connectivity index (χ2n) is 8.05. The lowest BCUT2D eigenvalue weighted by Gasteiger charge is -2.31. The third-order valence-corrected chi connectivity index (χ3v) is 5.98. The molecule has 1 N–H and O–H groups in total. The summed E-state index contributed by atoms with van der Waals surface area (Å²) in [5.41, 5.74) is 0. The van der Waals surface area contributed by atoms with Gasteiger partial charge in [-0.25, -0.2) is 0 Å². The minimum absolute atomic E-state index is 0.0971. The molecule has 5 nitrogen and oxygen atoms in total. The predicted molar refractivity (Wildman–Crippen MR) is 103 cm³/mol. The van der Waals surface area contributed by atoms with Gasteiger partial charge in [0.25, 0.3) is 0 Å². The molecule has 2 rings (SSSR count). The summed E-state index contributed by atoms with van der Waals surface area (Å²) < 4.78 is 5.00. The number of ether oxygens (including phenoxy) is 1. The van der Waals surface area contributed by atoms with E-state index in [2.05, 4.69) is 19.1 Å². The van der Waals surface area contributed by atoms with E-state index in [9.17, 15) is 14.4 Å². The number of unbranched alkanes of at least 4 members (excludes halogenated alkanes) is 7. The summed E-state index contributed by atoms with van der Waals surface area (Å²) >= 11 is 0. The van der Waals surface area contributed by atoms with Crippen molar-refractivity contribution in [3.63, 3.8) is 0 Å². The zero-order chi connectivity index (χ0) is 19.6. The standard InChI is InChI=1S/C22H34O5/c1-2-3-4-8-11-16-14-15-17(20-19(16)21(25)27-22(20)26)12-9-6-5-7-10-13-18(23)24/h14-17,19-20H,2-13H2,1H3,(H,23,24)/t16-,17-,19-,20-/m1/s1. The summed E-state index contributed by atoms with van der Waals surface area (Å²) in [6, 6.07) is 0. The highest BCUT2D eigenvalue weighted by Gasteiger charge is 2.51. The summed E-state index contributed by atoms with van der Waals surface area (Å²) in [4.78, 5) is 35.0. The molecule has 0 radical (unpaired) electrons. The van der Waals surface area contributed by atoms with Crippen LogP contribution in [0.2, 0.25) is 0 Å². The van der Waals surface area contributed by atoms with E-state index in [0.29, 0.717) is 0 Å². The van der Waals surface area contributed by atoms with E-state index in [4.69, 9.17) is 9.84 Å². The Morgan fingerprint density at radius 2 is 1.33 bits per heavy atom. The Kier molecular flexibility index (Phi) is 9.02. The average Bonchev–Trinajstić information content (AvgIpc) is 2.94. The van der Waals surface area contributed by atoms with Crippen LogP contribution in [-0.2, 0) is 19.1 Å². The molecule has 1 aliphatic carbocycles. The predicted octanol–water partition coefficient (Wildman–Crippen LogP) is 4.89. The highest BCUT2D eigenvalue weighted by atomic mass is 16.6. The van der Waals surface area contributed by atoms with Gasteiger partial charge in [-0.2, -0.15) is 0 Å². The van der Waals surface area contributed by atoms with Gasteiger partial charge in [-0.1, -0.05) is 70.4 Å². The molecule has 0 bridgehead atoms. The van der Waals surface area contributed by atoms with Gasteiger partial charge in [0.05, 0.1) is 11.8 Å².